The van der Waals surface area contributed by atoms with Crippen molar-refractivity contribution in [3.05, 3.63) is 29.8 Å². The fourth-order valence-electron chi connectivity index (χ4n) is 1.81. The zero-order valence-corrected chi connectivity index (χ0v) is 8.16. The zero-order chi connectivity index (χ0) is 9.97. The van der Waals surface area contributed by atoms with E-state index in [-0.39, 0.29) is 6.04 Å². The summed E-state index contributed by atoms with van der Waals surface area (Å²) < 4.78 is 18.4. The molecule has 1 fully saturated rings. The Hall–Kier alpha value is -1.09. The number of rotatable bonds is 2. The summed E-state index contributed by atoms with van der Waals surface area (Å²) in [6.07, 6.45) is -0.153. The van der Waals surface area contributed by atoms with Crippen LogP contribution >= 0.6 is 0 Å². The third-order valence-corrected chi connectivity index (χ3v) is 2.62. The molecule has 3 heteroatoms. The first-order valence-electron chi connectivity index (χ1n) is 4.82. The van der Waals surface area contributed by atoms with Gasteiger partial charge >= 0.3 is 0 Å². The first kappa shape index (κ1) is 9.46. The van der Waals surface area contributed by atoms with Crippen molar-refractivity contribution in [1.82, 2.24) is 5.32 Å². The summed E-state index contributed by atoms with van der Waals surface area (Å²) in [6.45, 7) is 0.762. The second kappa shape index (κ2) is 3.96. The van der Waals surface area contributed by atoms with Crippen LogP contribution in [0.15, 0.2) is 24.3 Å². The van der Waals surface area contributed by atoms with Gasteiger partial charge in [0, 0.05) is 0 Å². The molecule has 0 amide bonds. The molecule has 1 aromatic carbocycles. The van der Waals surface area contributed by atoms with Crippen molar-refractivity contribution in [3.63, 3.8) is 0 Å². The highest BCUT2D eigenvalue weighted by molar-refractivity contribution is 5.30. The van der Waals surface area contributed by atoms with E-state index in [1.165, 1.54) is 0 Å². The van der Waals surface area contributed by atoms with Crippen LogP contribution in [-0.2, 0) is 0 Å². The van der Waals surface area contributed by atoms with Crippen LogP contribution < -0.4 is 10.1 Å². The minimum atomic E-state index is -0.761. The average Bonchev–Trinajstić information content (AvgIpc) is 2.65. The number of hydrogen-bond donors (Lipinski definition) is 1. The first-order valence-corrected chi connectivity index (χ1v) is 4.82. The summed E-state index contributed by atoms with van der Waals surface area (Å²) in [5, 5.41) is 3.14. The Morgan fingerprint density at radius 2 is 2.07 bits per heavy atom. The van der Waals surface area contributed by atoms with Crippen LogP contribution in [0.3, 0.4) is 0 Å². The summed E-state index contributed by atoms with van der Waals surface area (Å²) in [7, 11) is 1.63. The molecule has 14 heavy (non-hydrogen) atoms. The molecule has 2 nitrogen and oxygen atoms in total. The first-order chi connectivity index (χ1) is 6.81. The quantitative estimate of drug-likeness (QED) is 0.780. The molecule has 0 aromatic heterocycles. The summed E-state index contributed by atoms with van der Waals surface area (Å²) >= 11 is 0. The van der Waals surface area contributed by atoms with Crippen molar-refractivity contribution in [2.45, 2.75) is 18.6 Å². The molecule has 2 rings (SSSR count). The van der Waals surface area contributed by atoms with Crippen LogP contribution in [0.1, 0.15) is 18.0 Å². The van der Waals surface area contributed by atoms with Crippen LogP contribution in [0, 0.1) is 0 Å². The second-order valence-corrected chi connectivity index (χ2v) is 3.51. The van der Waals surface area contributed by atoms with Crippen molar-refractivity contribution in [2.24, 2.45) is 0 Å². The molecule has 1 aromatic rings. The zero-order valence-electron chi connectivity index (χ0n) is 8.16. The molecule has 0 radical (unpaired) electrons. The van der Waals surface area contributed by atoms with E-state index in [2.05, 4.69) is 5.32 Å². The van der Waals surface area contributed by atoms with Gasteiger partial charge < -0.3 is 10.1 Å². The van der Waals surface area contributed by atoms with Gasteiger partial charge in [0.1, 0.15) is 11.9 Å². The summed E-state index contributed by atoms with van der Waals surface area (Å²) in [5.41, 5.74) is 0.996. The van der Waals surface area contributed by atoms with Gasteiger partial charge in [-0.2, -0.15) is 0 Å². The number of hydrogen-bond acceptors (Lipinski definition) is 2. The highest BCUT2D eigenvalue weighted by atomic mass is 19.1. The van der Waals surface area contributed by atoms with E-state index in [1.54, 1.807) is 7.11 Å². The Bertz CT molecular complexity index is 299. The van der Waals surface area contributed by atoms with Crippen molar-refractivity contribution in [3.8, 4) is 5.75 Å². The lowest BCUT2D eigenvalue weighted by atomic mass is 10.0. The molecule has 2 unspecified atom stereocenters. The van der Waals surface area contributed by atoms with Crippen molar-refractivity contribution in [1.29, 1.82) is 0 Å². The molecule has 2 atom stereocenters. The second-order valence-electron chi connectivity index (χ2n) is 3.51. The number of ether oxygens (including phenoxy) is 1. The molecular formula is C11H14FNO. The lowest BCUT2D eigenvalue weighted by molar-refractivity contribution is 0.304. The lowest BCUT2D eigenvalue weighted by Crippen LogP contribution is -2.18. The van der Waals surface area contributed by atoms with Gasteiger partial charge in [0.2, 0.25) is 0 Å². The number of benzene rings is 1. The van der Waals surface area contributed by atoms with Gasteiger partial charge in [0.15, 0.2) is 0 Å². The maximum atomic E-state index is 13.4. The number of nitrogens with one attached hydrogen (secondary N) is 1. The Kier molecular flexibility index (Phi) is 2.68. The molecule has 1 N–H and O–H groups in total. The predicted molar refractivity (Wildman–Crippen MR) is 53.3 cm³/mol. The smallest absolute Gasteiger partial charge is 0.121 e. The van der Waals surface area contributed by atoms with Crippen LogP contribution in [-0.4, -0.2) is 19.8 Å². The van der Waals surface area contributed by atoms with Crippen LogP contribution in [0.5, 0.6) is 5.75 Å². The van der Waals surface area contributed by atoms with Gasteiger partial charge in [-0.25, -0.2) is 4.39 Å². The standard InChI is InChI=1S/C11H14FNO/c1-14-9-4-2-8(3-5-9)11-10(12)6-7-13-11/h2-5,10-11,13H,6-7H2,1H3. The number of alkyl halides is 1. The maximum absolute atomic E-state index is 13.4. The van der Waals surface area contributed by atoms with E-state index in [0.717, 1.165) is 17.9 Å². The lowest BCUT2D eigenvalue weighted by Gasteiger charge is -2.13. The summed E-state index contributed by atoms with van der Waals surface area (Å²) in [4.78, 5) is 0. The average molecular weight is 195 g/mol. The van der Waals surface area contributed by atoms with Crippen LogP contribution in [0.25, 0.3) is 0 Å². The molecule has 0 aliphatic carbocycles. The number of halogens is 1. The monoisotopic (exact) mass is 195 g/mol. The van der Waals surface area contributed by atoms with Crippen molar-refractivity contribution in [2.75, 3.05) is 13.7 Å². The number of methoxy groups -OCH3 is 1. The highest BCUT2D eigenvalue weighted by Crippen LogP contribution is 2.27. The minimum absolute atomic E-state index is 0.138. The molecule has 1 aliphatic heterocycles. The van der Waals surface area contributed by atoms with Gasteiger partial charge in [-0.1, -0.05) is 12.1 Å². The Morgan fingerprint density at radius 1 is 1.36 bits per heavy atom. The van der Waals surface area contributed by atoms with E-state index >= 15 is 0 Å². The molecule has 1 saturated heterocycles. The predicted octanol–water partition coefficient (Wildman–Crippen LogP) is 2.07. The van der Waals surface area contributed by atoms with Gasteiger partial charge in [0.05, 0.1) is 13.2 Å². The van der Waals surface area contributed by atoms with E-state index in [9.17, 15) is 4.39 Å². The van der Waals surface area contributed by atoms with Gasteiger partial charge in [-0.15, -0.1) is 0 Å². The SMILES string of the molecule is COc1ccc(C2NCCC2F)cc1. The van der Waals surface area contributed by atoms with E-state index < -0.39 is 6.17 Å². The Balaban J connectivity index is 2.16. The molecule has 0 bridgehead atoms. The van der Waals surface area contributed by atoms with Crippen molar-refractivity contribution >= 4 is 0 Å². The van der Waals surface area contributed by atoms with Crippen LogP contribution in [0.2, 0.25) is 0 Å². The Morgan fingerprint density at radius 3 is 2.57 bits per heavy atom. The Labute approximate surface area is 83.1 Å². The minimum Gasteiger partial charge on any atom is -0.497 e. The maximum Gasteiger partial charge on any atom is 0.121 e. The third kappa shape index (κ3) is 1.73. The van der Waals surface area contributed by atoms with Gasteiger partial charge in [-0.05, 0) is 30.7 Å². The fourth-order valence-corrected chi connectivity index (χ4v) is 1.81. The summed E-state index contributed by atoms with van der Waals surface area (Å²) in [5.74, 6) is 0.808. The molecule has 0 saturated carbocycles. The fraction of sp³-hybridized carbons (Fsp3) is 0.455. The van der Waals surface area contributed by atoms with Crippen molar-refractivity contribution < 1.29 is 9.13 Å². The molecule has 76 valence electrons. The molecular weight excluding hydrogens is 181 g/mol. The third-order valence-electron chi connectivity index (χ3n) is 2.62. The highest BCUT2D eigenvalue weighted by Gasteiger charge is 2.27. The van der Waals surface area contributed by atoms with Gasteiger partial charge in [0.25, 0.3) is 0 Å². The molecule has 1 aliphatic rings. The van der Waals surface area contributed by atoms with E-state index in [4.69, 9.17) is 4.74 Å². The van der Waals surface area contributed by atoms with E-state index in [0.29, 0.717) is 6.42 Å². The summed E-state index contributed by atoms with van der Waals surface area (Å²) in [6, 6.07) is 7.41. The molecule has 1 heterocycles. The normalized spacial score (nSPS) is 26.4. The topological polar surface area (TPSA) is 21.3 Å². The van der Waals surface area contributed by atoms with Gasteiger partial charge in [-0.3, -0.25) is 0 Å². The van der Waals surface area contributed by atoms with Crippen LogP contribution in [0.4, 0.5) is 4.39 Å². The molecule has 0 spiro atoms. The van der Waals surface area contributed by atoms with E-state index in [1.807, 2.05) is 24.3 Å². The largest absolute Gasteiger partial charge is 0.497 e.